The summed E-state index contributed by atoms with van der Waals surface area (Å²) in [6.07, 6.45) is 1.19. The van der Waals surface area contributed by atoms with Gasteiger partial charge in [0.15, 0.2) is 0 Å². The molecule has 0 radical (unpaired) electrons. The number of hydrogen-bond acceptors (Lipinski definition) is 5. The van der Waals surface area contributed by atoms with Gasteiger partial charge >= 0.3 is 0 Å². The lowest BCUT2D eigenvalue weighted by atomic mass is 10.2. The van der Waals surface area contributed by atoms with E-state index >= 15 is 0 Å². The van der Waals surface area contributed by atoms with Crippen LogP contribution >= 0.6 is 35.0 Å². The number of nitrogens with zero attached hydrogens (tertiary/aromatic N) is 1. The fourth-order valence-corrected chi connectivity index (χ4v) is 5.90. The van der Waals surface area contributed by atoms with Crippen molar-refractivity contribution in [3.05, 3.63) is 52.0 Å². The Kier molecular flexibility index (Phi) is 7.92. The summed E-state index contributed by atoms with van der Waals surface area (Å²) in [4.78, 5) is 13.8. The largest absolute Gasteiger partial charge is 0.495 e. The van der Waals surface area contributed by atoms with Crippen molar-refractivity contribution >= 4 is 56.6 Å². The second kappa shape index (κ2) is 10.2. The van der Waals surface area contributed by atoms with Gasteiger partial charge in [-0.3, -0.25) is 4.79 Å². The van der Waals surface area contributed by atoms with E-state index in [4.69, 9.17) is 27.9 Å². The van der Waals surface area contributed by atoms with Gasteiger partial charge in [0.25, 0.3) is 0 Å². The van der Waals surface area contributed by atoms with Gasteiger partial charge in [0.1, 0.15) is 5.75 Å². The van der Waals surface area contributed by atoms with Gasteiger partial charge in [0.2, 0.25) is 15.9 Å². The highest BCUT2D eigenvalue weighted by Gasteiger charge is 2.26. The van der Waals surface area contributed by atoms with E-state index in [0.717, 1.165) is 12.0 Å². The van der Waals surface area contributed by atoms with Gasteiger partial charge in [0.05, 0.1) is 17.7 Å². The standard InChI is InChI=1S/C20H22Cl2N2O4S2/c1-28-19-8-7-14(12-18(19)24-10-3-6-20(24)25)30(26,27)23-9-11-29-13-15-16(21)4-2-5-17(15)22/h2,4-5,7-8,12,23H,3,6,9-11,13H2,1H3. The zero-order valence-electron chi connectivity index (χ0n) is 16.4. The van der Waals surface area contributed by atoms with Crippen molar-refractivity contribution in [1.29, 1.82) is 0 Å². The van der Waals surface area contributed by atoms with Crippen molar-refractivity contribution in [1.82, 2.24) is 4.72 Å². The summed E-state index contributed by atoms with van der Waals surface area (Å²) < 4.78 is 33.3. The summed E-state index contributed by atoms with van der Waals surface area (Å²) in [5, 5.41) is 1.19. The molecule has 1 amide bonds. The van der Waals surface area contributed by atoms with Crippen molar-refractivity contribution in [3.63, 3.8) is 0 Å². The van der Waals surface area contributed by atoms with Gasteiger partial charge in [-0.2, -0.15) is 11.8 Å². The molecule has 1 heterocycles. The molecule has 10 heteroatoms. The first-order valence-corrected chi connectivity index (χ1v) is 12.7. The average Bonchev–Trinajstić information content (AvgIpc) is 3.14. The summed E-state index contributed by atoms with van der Waals surface area (Å²) in [5.74, 6) is 1.57. The van der Waals surface area contributed by atoms with E-state index in [1.165, 1.54) is 31.0 Å². The van der Waals surface area contributed by atoms with Crippen LogP contribution in [0.4, 0.5) is 5.69 Å². The van der Waals surface area contributed by atoms with E-state index in [1.807, 2.05) is 0 Å². The Morgan fingerprint density at radius 3 is 2.57 bits per heavy atom. The summed E-state index contributed by atoms with van der Waals surface area (Å²) in [5.41, 5.74) is 1.31. The van der Waals surface area contributed by atoms with E-state index in [-0.39, 0.29) is 17.3 Å². The molecule has 0 saturated carbocycles. The number of nitrogens with one attached hydrogen (secondary N) is 1. The molecule has 1 N–H and O–H groups in total. The fraction of sp³-hybridized carbons (Fsp3) is 0.350. The minimum Gasteiger partial charge on any atom is -0.495 e. The maximum Gasteiger partial charge on any atom is 0.240 e. The molecule has 2 aromatic carbocycles. The molecular formula is C20H22Cl2N2O4S2. The third kappa shape index (κ3) is 5.42. The third-order valence-corrected chi connectivity index (χ3v) is 7.82. The number of benzene rings is 2. The topological polar surface area (TPSA) is 75.7 Å². The Balaban J connectivity index is 1.62. The van der Waals surface area contributed by atoms with E-state index in [9.17, 15) is 13.2 Å². The molecule has 1 fully saturated rings. The van der Waals surface area contributed by atoms with Crippen LogP contribution in [0.2, 0.25) is 10.0 Å². The highest BCUT2D eigenvalue weighted by Crippen LogP contribution is 2.33. The molecule has 6 nitrogen and oxygen atoms in total. The van der Waals surface area contributed by atoms with Crippen molar-refractivity contribution < 1.29 is 17.9 Å². The molecule has 3 rings (SSSR count). The number of ether oxygens (including phenoxy) is 1. The van der Waals surface area contributed by atoms with Gasteiger partial charge in [0, 0.05) is 41.1 Å². The molecule has 0 aliphatic carbocycles. The van der Waals surface area contributed by atoms with Gasteiger partial charge in [-0.15, -0.1) is 0 Å². The van der Waals surface area contributed by atoms with Crippen molar-refractivity contribution in [2.75, 3.05) is 30.9 Å². The second-order valence-corrected chi connectivity index (χ2v) is 10.3. The van der Waals surface area contributed by atoms with Crippen LogP contribution in [0.1, 0.15) is 18.4 Å². The number of carbonyl (C=O) groups is 1. The molecule has 162 valence electrons. The first-order valence-electron chi connectivity index (χ1n) is 9.32. The van der Waals surface area contributed by atoms with Gasteiger partial charge in [-0.25, -0.2) is 13.1 Å². The van der Waals surface area contributed by atoms with E-state index < -0.39 is 10.0 Å². The lowest BCUT2D eigenvalue weighted by molar-refractivity contribution is -0.117. The summed E-state index contributed by atoms with van der Waals surface area (Å²) in [7, 11) is -2.23. The Morgan fingerprint density at radius 1 is 1.20 bits per heavy atom. The van der Waals surface area contributed by atoms with Crippen LogP contribution in [0.25, 0.3) is 0 Å². The number of thioether (sulfide) groups is 1. The maximum atomic E-state index is 12.7. The quantitative estimate of drug-likeness (QED) is 0.531. The smallest absolute Gasteiger partial charge is 0.240 e. The highest BCUT2D eigenvalue weighted by atomic mass is 35.5. The Bertz CT molecular complexity index is 1010. The fourth-order valence-electron chi connectivity index (χ4n) is 3.13. The van der Waals surface area contributed by atoms with Crippen molar-refractivity contribution in [2.45, 2.75) is 23.5 Å². The van der Waals surface area contributed by atoms with E-state index in [2.05, 4.69) is 4.72 Å². The summed E-state index contributed by atoms with van der Waals surface area (Å²) >= 11 is 13.8. The van der Waals surface area contributed by atoms with E-state index in [1.54, 1.807) is 29.2 Å². The van der Waals surface area contributed by atoms with Gasteiger partial charge in [-0.1, -0.05) is 29.3 Å². The number of anilines is 1. The monoisotopic (exact) mass is 488 g/mol. The average molecular weight is 489 g/mol. The molecular weight excluding hydrogens is 467 g/mol. The molecule has 0 aromatic heterocycles. The molecule has 1 aliphatic rings. The number of methoxy groups -OCH3 is 1. The molecule has 1 aliphatic heterocycles. The van der Waals surface area contributed by atoms with Crippen LogP contribution in [-0.2, 0) is 20.6 Å². The predicted molar refractivity (Wildman–Crippen MR) is 122 cm³/mol. The van der Waals surface area contributed by atoms with Crippen LogP contribution in [0.15, 0.2) is 41.3 Å². The molecule has 0 spiro atoms. The molecule has 0 unspecified atom stereocenters. The minimum absolute atomic E-state index is 0.0366. The van der Waals surface area contributed by atoms with Gasteiger partial charge in [-0.05, 0) is 42.3 Å². The van der Waals surface area contributed by atoms with Crippen LogP contribution in [0, 0.1) is 0 Å². The number of rotatable bonds is 9. The predicted octanol–water partition coefficient (Wildman–Crippen LogP) is 4.34. The normalized spacial score (nSPS) is 14.4. The summed E-state index contributed by atoms with van der Waals surface area (Å²) in [6.45, 7) is 0.798. The molecule has 1 saturated heterocycles. The number of hydrogen-bond donors (Lipinski definition) is 1. The molecule has 0 bridgehead atoms. The number of carbonyl (C=O) groups excluding carboxylic acids is 1. The first-order chi connectivity index (χ1) is 14.3. The Hall–Kier alpha value is -1.45. The second-order valence-electron chi connectivity index (χ2n) is 6.63. The molecule has 30 heavy (non-hydrogen) atoms. The minimum atomic E-state index is -3.73. The van der Waals surface area contributed by atoms with Gasteiger partial charge < -0.3 is 9.64 Å². The third-order valence-electron chi connectivity index (χ3n) is 4.67. The maximum absolute atomic E-state index is 12.7. The Morgan fingerprint density at radius 2 is 1.93 bits per heavy atom. The number of amides is 1. The highest BCUT2D eigenvalue weighted by molar-refractivity contribution is 7.98. The van der Waals surface area contributed by atoms with Crippen LogP contribution in [-0.4, -0.2) is 40.3 Å². The number of sulfonamides is 1. The zero-order valence-corrected chi connectivity index (χ0v) is 19.5. The first kappa shape index (κ1) is 23.2. The SMILES string of the molecule is COc1ccc(S(=O)(=O)NCCSCc2c(Cl)cccc2Cl)cc1N1CCCC1=O. The van der Waals surface area contributed by atoms with Crippen LogP contribution in [0.3, 0.4) is 0 Å². The molecule has 2 aromatic rings. The Labute approximate surface area is 190 Å². The van der Waals surface area contributed by atoms with Crippen molar-refractivity contribution in [3.8, 4) is 5.75 Å². The molecule has 0 atom stereocenters. The van der Waals surface area contributed by atoms with Crippen molar-refractivity contribution in [2.24, 2.45) is 0 Å². The zero-order chi connectivity index (χ0) is 21.7. The lowest BCUT2D eigenvalue weighted by Gasteiger charge is -2.20. The lowest BCUT2D eigenvalue weighted by Crippen LogP contribution is -2.27. The van der Waals surface area contributed by atoms with E-state index in [0.29, 0.717) is 46.0 Å². The number of halogens is 2. The van der Waals surface area contributed by atoms with Crippen LogP contribution < -0.4 is 14.4 Å². The van der Waals surface area contributed by atoms with Crippen LogP contribution in [0.5, 0.6) is 5.75 Å². The summed E-state index contributed by atoms with van der Waals surface area (Å²) in [6, 6.07) is 9.87.